The second-order valence-corrected chi connectivity index (χ2v) is 8.42. The van der Waals surface area contributed by atoms with Gasteiger partial charge in [-0.1, -0.05) is 12.1 Å². The molecule has 1 saturated heterocycles. The first-order chi connectivity index (χ1) is 17.8. The van der Waals surface area contributed by atoms with Crippen molar-refractivity contribution >= 4 is 40.8 Å². The Morgan fingerprint density at radius 2 is 1.62 bits per heavy atom. The van der Waals surface area contributed by atoms with Gasteiger partial charge in [-0.05, 0) is 42.5 Å². The van der Waals surface area contributed by atoms with Crippen LogP contribution in [-0.2, 0) is 9.59 Å². The van der Waals surface area contributed by atoms with E-state index >= 15 is 0 Å². The molecule has 5 rings (SSSR count). The molecular weight excluding hydrogens is 482 g/mol. The number of fused-ring (bicyclic) bond motifs is 1. The molecule has 3 aromatic carbocycles. The standard InChI is InChI=1S/C26H19N3O8/c1-36-22-13-17(29(34)35)8-11-21(22)27-14-15(12-23(27)30)26(33)37-18-9-6-16(7-10-18)28-24(31)19-4-2-3-5-20(19)25(28)32/h2-11,13,15H,12,14H2,1H3/t15-/m0/s1. The summed E-state index contributed by atoms with van der Waals surface area (Å²) in [7, 11) is 1.33. The van der Waals surface area contributed by atoms with Crippen molar-refractivity contribution in [2.24, 2.45) is 5.92 Å². The number of hydrogen-bond donors (Lipinski definition) is 0. The molecule has 3 amide bonds. The van der Waals surface area contributed by atoms with E-state index in [4.69, 9.17) is 9.47 Å². The number of imide groups is 1. The Balaban J connectivity index is 1.27. The Kier molecular flexibility index (Phi) is 5.88. The lowest BCUT2D eigenvalue weighted by atomic mass is 10.1. The van der Waals surface area contributed by atoms with Crippen molar-refractivity contribution in [3.63, 3.8) is 0 Å². The lowest BCUT2D eigenvalue weighted by Gasteiger charge is -2.19. The van der Waals surface area contributed by atoms with E-state index < -0.39 is 28.6 Å². The maximum absolute atomic E-state index is 12.8. The van der Waals surface area contributed by atoms with E-state index in [1.54, 1.807) is 24.3 Å². The predicted octanol–water partition coefficient (Wildman–Crippen LogP) is 3.36. The van der Waals surface area contributed by atoms with Crippen LogP contribution in [-0.4, -0.2) is 42.3 Å². The minimum Gasteiger partial charge on any atom is -0.494 e. The van der Waals surface area contributed by atoms with Crippen LogP contribution in [0.2, 0.25) is 0 Å². The first kappa shape index (κ1) is 23.7. The van der Waals surface area contributed by atoms with E-state index in [0.717, 1.165) is 4.90 Å². The van der Waals surface area contributed by atoms with Crippen LogP contribution in [0.4, 0.5) is 17.1 Å². The summed E-state index contributed by atoms with van der Waals surface area (Å²) in [5.41, 5.74) is 1.11. The molecule has 3 aromatic rings. The fourth-order valence-corrected chi connectivity index (χ4v) is 4.39. The lowest BCUT2D eigenvalue weighted by Crippen LogP contribution is -2.29. The van der Waals surface area contributed by atoms with E-state index in [-0.39, 0.29) is 36.1 Å². The average molecular weight is 501 g/mol. The Bertz CT molecular complexity index is 1430. The second-order valence-electron chi connectivity index (χ2n) is 8.42. The number of nitro groups is 1. The molecule has 0 aromatic heterocycles. The summed E-state index contributed by atoms with van der Waals surface area (Å²) >= 11 is 0. The number of nitrogens with zero attached hydrogens (tertiary/aromatic N) is 3. The molecule has 2 heterocycles. The molecule has 0 bridgehead atoms. The van der Waals surface area contributed by atoms with Crippen molar-refractivity contribution < 1.29 is 33.6 Å². The number of ether oxygens (including phenoxy) is 2. The molecular formula is C26H19N3O8. The highest BCUT2D eigenvalue weighted by atomic mass is 16.6. The molecule has 186 valence electrons. The minimum absolute atomic E-state index is 0.0129. The summed E-state index contributed by atoms with van der Waals surface area (Å²) < 4.78 is 10.7. The highest BCUT2D eigenvalue weighted by Crippen LogP contribution is 2.36. The Morgan fingerprint density at radius 3 is 2.22 bits per heavy atom. The van der Waals surface area contributed by atoms with Gasteiger partial charge in [0.15, 0.2) is 0 Å². The fourth-order valence-electron chi connectivity index (χ4n) is 4.39. The fraction of sp³-hybridized carbons (Fsp3) is 0.154. The van der Waals surface area contributed by atoms with Gasteiger partial charge in [0.1, 0.15) is 11.5 Å². The number of carbonyl (C=O) groups excluding carboxylic acids is 4. The first-order valence-corrected chi connectivity index (χ1v) is 11.2. The van der Waals surface area contributed by atoms with Crippen molar-refractivity contribution in [1.82, 2.24) is 0 Å². The summed E-state index contributed by atoms with van der Waals surface area (Å²) in [5.74, 6) is -2.30. The summed E-state index contributed by atoms with van der Waals surface area (Å²) in [6, 6.07) is 16.3. The summed E-state index contributed by atoms with van der Waals surface area (Å²) in [6.45, 7) is 0.0129. The molecule has 1 fully saturated rings. The van der Waals surface area contributed by atoms with E-state index in [1.807, 2.05) is 0 Å². The summed E-state index contributed by atoms with van der Waals surface area (Å²) in [5, 5.41) is 11.0. The van der Waals surface area contributed by atoms with Gasteiger partial charge in [-0.3, -0.25) is 29.3 Å². The van der Waals surface area contributed by atoms with Crippen LogP contribution in [0.3, 0.4) is 0 Å². The van der Waals surface area contributed by atoms with E-state index in [2.05, 4.69) is 0 Å². The number of anilines is 2. The van der Waals surface area contributed by atoms with Gasteiger partial charge < -0.3 is 14.4 Å². The molecule has 37 heavy (non-hydrogen) atoms. The molecule has 2 aliphatic rings. The molecule has 0 spiro atoms. The molecule has 11 nitrogen and oxygen atoms in total. The number of rotatable bonds is 6. The number of methoxy groups -OCH3 is 1. The number of hydrogen-bond acceptors (Lipinski definition) is 8. The molecule has 0 aliphatic carbocycles. The summed E-state index contributed by atoms with van der Waals surface area (Å²) in [6.07, 6.45) is -0.105. The number of nitro benzene ring substituents is 1. The largest absolute Gasteiger partial charge is 0.494 e. The van der Waals surface area contributed by atoms with E-state index in [0.29, 0.717) is 22.5 Å². The van der Waals surface area contributed by atoms with Gasteiger partial charge in [-0.25, -0.2) is 4.90 Å². The third-order valence-corrected chi connectivity index (χ3v) is 6.23. The zero-order chi connectivity index (χ0) is 26.3. The monoisotopic (exact) mass is 501 g/mol. The van der Waals surface area contributed by atoms with Crippen LogP contribution < -0.4 is 19.3 Å². The van der Waals surface area contributed by atoms with Gasteiger partial charge in [0.2, 0.25) is 5.91 Å². The van der Waals surface area contributed by atoms with Crippen molar-refractivity contribution in [3.8, 4) is 11.5 Å². The normalized spacial score (nSPS) is 16.7. The van der Waals surface area contributed by atoms with Crippen LogP contribution >= 0.6 is 0 Å². The van der Waals surface area contributed by atoms with Crippen LogP contribution in [0.1, 0.15) is 27.1 Å². The van der Waals surface area contributed by atoms with E-state index in [9.17, 15) is 29.3 Å². The molecule has 11 heteroatoms. The van der Waals surface area contributed by atoms with Crippen LogP contribution in [0.5, 0.6) is 11.5 Å². The third-order valence-electron chi connectivity index (χ3n) is 6.23. The minimum atomic E-state index is -0.775. The SMILES string of the molecule is COc1cc([N+](=O)[O-])ccc1N1C[C@@H](C(=O)Oc2ccc(N3C(=O)c4ccccc4C3=O)cc2)CC1=O. The average Bonchev–Trinajstić information content (AvgIpc) is 3.41. The van der Waals surface area contributed by atoms with Gasteiger partial charge in [0.05, 0.1) is 46.5 Å². The second kappa shape index (κ2) is 9.19. The Morgan fingerprint density at radius 1 is 0.973 bits per heavy atom. The molecule has 0 saturated carbocycles. The highest BCUT2D eigenvalue weighted by Gasteiger charge is 2.38. The molecule has 0 N–H and O–H groups in total. The van der Waals surface area contributed by atoms with E-state index in [1.165, 1.54) is 54.5 Å². The van der Waals surface area contributed by atoms with Crippen LogP contribution in [0.15, 0.2) is 66.7 Å². The number of carbonyl (C=O) groups is 4. The number of benzene rings is 3. The van der Waals surface area contributed by atoms with Gasteiger partial charge in [-0.2, -0.15) is 0 Å². The van der Waals surface area contributed by atoms with Crippen molar-refractivity contribution in [2.45, 2.75) is 6.42 Å². The van der Waals surface area contributed by atoms with Crippen molar-refractivity contribution in [1.29, 1.82) is 0 Å². The van der Waals surface area contributed by atoms with Crippen LogP contribution in [0.25, 0.3) is 0 Å². The molecule has 1 atom stereocenters. The molecule has 0 radical (unpaired) electrons. The predicted molar refractivity (Wildman–Crippen MR) is 130 cm³/mol. The number of esters is 1. The Labute approximate surface area is 209 Å². The zero-order valence-corrected chi connectivity index (χ0v) is 19.5. The van der Waals surface area contributed by atoms with Gasteiger partial charge in [0, 0.05) is 19.0 Å². The zero-order valence-electron chi connectivity index (χ0n) is 19.5. The topological polar surface area (TPSA) is 136 Å². The van der Waals surface area contributed by atoms with Crippen LogP contribution in [0, 0.1) is 16.0 Å². The van der Waals surface area contributed by atoms with Crippen molar-refractivity contribution in [3.05, 3.63) is 88.0 Å². The smallest absolute Gasteiger partial charge is 0.316 e. The van der Waals surface area contributed by atoms with Gasteiger partial charge in [0.25, 0.3) is 17.5 Å². The third kappa shape index (κ3) is 4.16. The number of amides is 3. The number of non-ortho nitro benzene ring substituents is 1. The van der Waals surface area contributed by atoms with Crippen molar-refractivity contribution in [2.75, 3.05) is 23.5 Å². The summed E-state index contributed by atoms with van der Waals surface area (Å²) in [4.78, 5) is 63.6. The first-order valence-electron chi connectivity index (χ1n) is 11.2. The maximum Gasteiger partial charge on any atom is 0.316 e. The Hall–Kier alpha value is -5.06. The molecule has 0 unspecified atom stereocenters. The molecule has 2 aliphatic heterocycles. The highest BCUT2D eigenvalue weighted by molar-refractivity contribution is 6.34. The van der Waals surface area contributed by atoms with Gasteiger partial charge in [-0.15, -0.1) is 0 Å². The lowest BCUT2D eigenvalue weighted by molar-refractivity contribution is -0.384. The van der Waals surface area contributed by atoms with Gasteiger partial charge >= 0.3 is 5.97 Å². The quantitative estimate of drug-likeness (QED) is 0.165. The maximum atomic E-state index is 12.8.